The first-order valence-corrected chi connectivity index (χ1v) is 14.5. The number of carboxylic acids is 1. The fourth-order valence-electron chi connectivity index (χ4n) is 5.67. The smallest absolute Gasteiger partial charge is 0.348 e. The number of anilines is 1. The van der Waals surface area contributed by atoms with Crippen molar-refractivity contribution in [3.05, 3.63) is 27.5 Å². The van der Waals surface area contributed by atoms with Crippen LogP contribution in [0.3, 0.4) is 0 Å². The second-order valence-corrected chi connectivity index (χ2v) is 13.0. The predicted molar refractivity (Wildman–Crippen MR) is 147 cm³/mol. The van der Waals surface area contributed by atoms with Gasteiger partial charge in [-0.05, 0) is 84.6 Å². The summed E-state index contributed by atoms with van der Waals surface area (Å²) in [5.74, 6) is 5.47. The normalized spacial score (nSPS) is 28.2. The lowest BCUT2D eigenvalue weighted by Crippen LogP contribution is -2.48. The maximum atomic E-state index is 14.2. The molecule has 3 atom stereocenters. The van der Waals surface area contributed by atoms with E-state index in [9.17, 15) is 14.7 Å². The molecule has 202 valence electrons. The highest BCUT2D eigenvalue weighted by atomic mass is 32.1. The Morgan fingerprint density at radius 1 is 1.16 bits per heavy atom. The molecule has 1 saturated carbocycles. The van der Waals surface area contributed by atoms with E-state index in [1.165, 1.54) is 16.9 Å². The number of rotatable bonds is 6. The molecule has 1 aromatic heterocycles. The molecule has 1 amide bonds. The number of hydrogen-bond donors (Lipinski definition) is 1. The number of carbonyl (C=O) groups is 2. The number of hydrogen-bond acceptors (Lipinski definition) is 5. The molecule has 37 heavy (non-hydrogen) atoms. The van der Waals surface area contributed by atoms with Gasteiger partial charge in [0.25, 0.3) is 0 Å². The van der Waals surface area contributed by atoms with Crippen LogP contribution in [-0.2, 0) is 14.3 Å². The molecule has 0 aromatic carbocycles. The molecule has 3 aliphatic rings. The van der Waals surface area contributed by atoms with Gasteiger partial charge in [0.15, 0.2) is 0 Å². The van der Waals surface area contributed by atoms with Gasteiger partial charge < -0.3 is 19.5 Å². The Hall–Kier alpha value is -2.14. The number of nitrogens with zero attached hydrogens (tertiary/aromatic N) is 1. The van der Waals surface area contributed by atoms with E-state index in [0.29, 0.717) is 23.6 Å². The number of amides is 1. The lowest BCUT2D eigenvalue weighted by molar-refractivity contribution is -0.124. The van der Waals surface area contributed by atoms with E-state index >= 15 is 0 Å². The highest BCUT2D eigenvalue weighted by Gasteiger charge is 2.39. The summed E-state index contributed by atoms with van der Waals surface area (Å²) in [4.78, 5) is 29.3. The van der Waals surface area contributed by atoms with Crippen molar-refractivity contribution in [1.82, 2.24) is 0 Å². The van der Waals surface area contributed by atoms with Crippen molar-refractivity contribution in [1.29, 1.82) is 0 Å². The van der Waals surface area contributed by atoms with Crippen molar-refractivity contribution in [3.63, 3.8) is 0 Å². The average Bonchev–Trinajstić information content (AvgIpc) is 3.49. The van der Waals surface area contributed by atoms with Gasteiger partial charge in [-0.2, -0.15) is 0 Å². The van der Waals surface area contributed by atoms with Crippen LogP contribution in [0.5, 0.6) is 0 Å². The zero-order valence-corrected chi connectivity index (χ0v) is 23.7. The van der Waals surface area contributed by atoms with Crippen LogP contribution >= 0.6 is 11.3 Å². The number of thiophene rings is 1. The number of ether oxygens (including phenoxy) is 2. The largest absolute Gasteiger partial charge is 0.477 e. The molecule has 0 bridgehead atoms. The zero-order valence-electron chi connectivity index (χ0n) is 22.8. The Morgan fingerprint density at radius 3 is 2.49 bits per heavy atom. The second kappa shape index (κ2) is 11.7. The Bertz CT molecular complexity index is 1070. The maximum absolute atomic E-state index is 14.2. The van der Waals surface area contributed by atoms with Crippen molar-refractivity contribution >= 4 is 28.9 Å². The monoisotopic (exact) mass is 527 g/mol. The topological polar surface area (TPSA) is 76.1 Å². The minimum absolute atomic E-state index is 0.0421. The predicted octanol–water partition coefficient (Wildman–Crippen LogP) is 6.29. The summed E-state index contributed by atoms with van der Waals surface area (Å²) in [5, 5.41) is 10.1. The summed E-state index contributed by atoms with van der Waals surface area (Å²) in [6.45, 7) is 11.8. The third-order valence-corrected chi connectivity index (χ3v) is 8.64. The first-order valence-electron chi connectivity index (χ1n) is 13.6. The minimum atomic E-state index is -1.01. The average molecular weight is 528 g/mol. The summed E-state index contributed by atoms with van der Waals surface area (Å²) in [6, 6.07) is 1.78. The standard InChI is InChI=1S/C30H41NO5S/c1-19-6-11-25(20(2)16-19)28(32)31(21-7-9-22(10-8-21)36-23-13-15-35-18-23)26-17-24(12-14-30(3,4)5)37-27(26)29(33)34/h6,17,20-23,25H,7-11,13,15-16,18H2,1-5H3,(H,33,34)/t20-,21-,22-,23-,25-/m1/s1. The molecule has 1 aliphatic heterocycles. The first kappa shape index (κ1) is 27.9. The van der Waals surface area contributed by atoms with Gasteiger partial charge in [0.2, 0.25) is 5.91 Å². The second-order valence-electron chi connectivity index (χ2n) is 12.0. The van der Waals surface area contributed by atoms with Gasteiger partial charge in [-0.1, -0.05) is 30.4 Å². The first-order chi connectivity index (χ1) is 17.5. The lowest BCUT2D eigenvalue weighted by atomic mass is 9.79. The Kier molecular flexibility index (Phi) is 8.83. The van der Waals surface area contributed by atoms with Crippen molar-refractivity contribution < 1.29 is 24.2 Å². The highest BCUT2D eigenvalue weighted by Crippen LogP contribution is 2.39. The van der Waals surface area contributed by atoms with Crippen molar-refractivity contribution in [3.8, 4) is 11.8 Å². The molecular formula is C30H41NO5S. The zero-order chi connectivity index (χ0) is 26.7. The van der Waals surface area contributed by atoms with E-state index in [-0.39, 0.29) is 46.3 Å². The van der Waals surface area contributed by atoms with Gasteiger partial charge in [-0.25, -0.2) is 4.79 Å². The van der Waals surface area contributed by atoms with Crippen molar-refractivity contribution in [2.75, 3.05) is 18.1 Å². The molecule has 2 aliphatic carbocycles. The molecule has 1 aromatic rings. The summed E-state index contributed by atoms with van der Waals surface area (Å²) in [7, 11) is 0. The quantitative estimate of drug-likeness (QED) is 0.348. The summed E-state index contributed by atoms with van der Waals surface area (Å²) >= 11 is 1.17. The number of carboxylic acid groups (broad SMARTS) is 1. The van der Waals surface area contributed by atoms with Crippen LogP contribution in [0.4, 0.5) is 5.69 Å². The van der Waals surface area contributed by atoms with Crippen molar-refractivity contribution in [2.24, 2.45) is 17.3 Å². The fourth-order valence-corrected chi connectivity index (χ4v) is 6.51. The van der Waals surface area contributed by atoms with E-state index in [1.54, 1.807) is 0 Å². The van der Waals surface area contributed by atoms with E-state index in [1.807, 2.05) is 31.7 Å². The van der Waals surface area contributed by atoms with Gasteiger partial charge in [-0.3, -0.25) is 4.79 Å². The van der Waals surface area contributed by atoms with Crippen LogP contribution in [0.15, 0.2) is 17.7 Å². The van der Waals surface area contributed by atoms with Crippen LogP contribution in [0.2, 0.25) is 0 Å². The highest BCUT2D eigenvalue weighted by molar-refractivity contribution is 7.15. The molecule has 0 unspecified atom stereocenters. The van der Waals surface area contributed by atoms with Crippen LogP contribution < -0.4 is 4.90 Å². The number of aromatic carboxylic acids is 1. The fraction of sp³-hybridized carbons (Fsp3) is 0.667. The summed E-state index contributed by atoms with van der Waals surface area (Å²) in [6.07, 6.45) is 8.31. The number of allylic oxidation sites excluding steroid dienone is 2. The summed E-state index contributed by atoms with van der Waals surface area (Å²) in [5.41, 5.74) is 1.62. The van der Waals surface area contributed by atoms with Gasteiger partial charge in [0.1, 0.15) is 4.88 Å². The minimum Gasteiger partial charge on any atom is -0.477 e. The van der Waals surface area contributed by atoms with Gasteiger partial charge in [0, 0.05) is 24.0 Å². The third kappa shape index (κ3) is 7.04. The Labute approximate surface area is 225 Å². The molecule has 6 nitrogen and oxygen atoms in total. The molecule has 1 saturated heterocycles. The third-order valence-electron chi connectivity index (χ3n) is 7.61. The maximum Gasteiger partial charge on any atom is 0.348 e. The summed E-state index contributed by atoms with van der Waals surface area (Å²) < 4.78 is 11.7. The molecule has 0 spiro atoms. The lowest BCUT2D eigenvalue weighted by Gasteiger charge is -2.40. The molecule has 1 N–H and O–H groups in total. The van der Waals surface area contributed by atoms with Crippen molar-refractivity contribution in [2.45, 2.75) is 97.8 Å². The van der Waals surface area contributed by atoms with Gasteiger partial charge >= 0.3 is 5.97 Å². The molecule has 2 fully saturated rings. The molecule has 2 heterocycles. The van der Waals surface area contributed by atoms with Crippen LogP contribution in [-0.4, -0.2) is 48.4 Å². The van der Waals surface area contributed by atoms with E-state index in [2.05, 4.69) is 31.8 Å². The van der Waals surface area contributed by atoms with Crippen LogP contribution in [0.25, 0.3) is 0 Å². The van der Waals surface area contributed by atoms with Crippen LogP contribution in [0.1, 0.15) is 94.1 Å². The molecular weight excluding hydrogens is 486 g/mol. The van der Waals surface area contributed by atoms with E-state index in [4.69, 9.17) is 9.47 Å². The van der Waals surface area contributed by atoms with E-state index in [0.717, 1.165) is 45.1 Å². The Morgan fingerprint density at radius 2 is 1.89 bits per heavy atom. The molecule has 4 rings (SSSR count). The molecule has 7 heteroatoms. The van der Waals surface area contributed by atoms with Crippen LogP contribution in [0, 0.1) is 29.1 Å². The Balaban J connectivity index is 1.63. The SMILES string of the molecule is CC1=CC[C@@H](C(=O)N(c2cc(C#CC(C)(C)C)sc2C(=O)O)[C@H]2CC[C@H](O[C@@H]3CCOC3)CC2)[C@H](C)C1. The van der Waals surface area contributed by atoms with Gasteiger partial charge in [0.05, 0.1) is 29.4 Å². The van der Waals surface area contributed by atoms with Gasteiger partial charge in [-0.15, -0.1) is 11.3 Å². The van der Waals surface area contributed by atoms with E-state index < -0.39 is 5.97 Å². The number of carbonyl (C=O) groups excluding carboxylic acids is 1. The molecule has 0 radical (unpaired) electrons.